The minimum atomic E-state index is -1.13. The molecule has 2 fully saturated rings. The summed E-state index contributed by atoms with van der Waals surface area (Å²) in [5.41, 5.74) is 0.0197. The Hall–Kier alpha value is -1.74. The number of amides is 3. The van der Waals surface area contributed by atoms with Crippen molar-refractivity contribution in [2.24, 2.45) is 11.8 Å². The molecule has 4 atom stereocenters. The maximum atomic E-state index is 12.2. The molecule has 4 N–H and O–H groups in total. The zero-order chi connectivity index (χ0) is 16.9. The third kappa shape index (κ3) is 2.47. The fraction of sp³-hybridized carbons (Fsp3) is 0.643. The van der Waals surface area contributed by atoms with E-state index in [0.717, 1.165) is 0 Å². The van der Waals surface area contributed by atoms with E-state index in [2.05, 4.69) is 10.6 Å². The first-order valence-corrected chi connectivity index (χ1v) is 8.37. The third-order valence-electron chi connectivity index (χ3n) is 4.59. The Kier molecular flexibility index (Phi) is 4.01. The first-order valence-electron chi connectivity index (χ1n) is 7.50. The fourth-order valence-corrected chi connectivity index (χ4v) is 4.83. The Bertz CT molecular complexity index is 595. The van der Waals surface area contributed by atoms with Crippen molar-refractivity contribution in [3.05, 3.63) is 10.6 Å². The van der Waals surface area contributed by atoms with Gasteiger partial charge in [0.15, 0.2) is 0 Å². The van der Waals surface area contributed by atoms with Crippen LogP contribution in [0.1, 0.15) is 13.8 Å². The van der Waals surface area contributed by atoms with E-state index < -0.39 is 18.0 Å². The fourth-order valence-electron chi connectivity index (χ4n) is 3.49. The van der Waals surface area contributed by atoms with Crippen LogP contribution in [0.4, 0.5) is 4.79 Å². The van der Waals surface area contributed by atoms with Crippen LogP contribution in [0.25, 0.3) is 0 Å². The predicted octanol–water partition coefficient (Wildman–Crippen LogP) is -0.445. The molecule has 2 saturated heterocycles. The second-order valence-electron chi connectivity index (χ2n) is 6.10. The lowest BCUT2D eigenvalue weighted by molar-refractivity contribution is -0.163. The quantitative estimate of drug-likeness (QED) is 0.515. The van der Waals surface area contributed by atoms with E-state index in [9.17, 15) is 24.6 Å². The Morgan fingerprint density at radius 1 is 1.35 bits per heavy atom. The highest BCUT2D eigenvalue weighted by Gasteiger charge is 2.60. The number of β-lactam (4-membered cyclic amide) rings is 1. The molecule has 0 aromatic heterocycles. The van der Waals surface area contributed by atoms with Crippen molar-refractivity contribution >= 4 is 29.7 Å². The zero-order valence-electron chi connectivity index (χ0n) is 12.8. The number of aliphatic carboxylic acids is 1. The first-order chi connectivity index (χ1) is 10.8. The van der Waals surface area contributed by atoms with Gasteiger partial charge < -0.3 is 25.7 Å². The molecule has 8 nitrogen and oxygen atoms in total. The van der Waals surface area contributed by atoms with Gasteiger partial charge in [0.2, 0.25) is 5.91 Å². The van der Waals surface area contributed by atoms with Gasteiger partial charge in [0.1, 0.15) is 5.70 Å². The van der Waals surface area contributed by atoms with E-state index in [0.29, 0.717) is 18.0 Å². The van der Waals surface area contributed by atoms with Gasteiger partial charge in [-0.3, -0.25) is 4.79 Å². The number of carboxylic acid groups (broad SMARTS) is 1. The highest BCUT2D eigenvalue weighted by molar-refractivity contribution is 8.03. The molecule has 0 aromatic rings. The number of carbonyl (C=O) groups excluding carboxylic acids is 2. The van der Waals surface area contributed by atoms with Gasteiger partial charge in [-0.2, -0.15) is 0 Å². The largest absolute Gasteiger partial charge is 0.477 e. The molecule has 126 valence electrons. The lowest BCUT2D eigenvalue weighted by Gasteiger charge is -2.46. The van der Waals surface area contributed by atoms with E-state index in [-0.39, 0.29) is 34.8 Å². The number of rotatable bonds is 4. The number of fused-ring (bicyclic) bond motifs is 1. The second kappa shape index (κ2) is 5.72. The second-order valence-corrected chi connectivity index (χ2v) is 7.44. The molecule has 3 rings (SSSR count). The molecule has 23 heavy (non-hydrogen) atoms. The number of thioether (sulfide) groups is 1. The van der Waals surface area contributed by atoms with Crippen molar-refractivity contribution in [2.75, 3.05) is 13.1 Å². The van der Waals surface area contributed by atoms with Gasteiger partial charge >= 0.3 is 12.0 Å². The molecule has 0 unspecified atom stereocenters. The normalized spacial score (nSPS) is 32.1. The summed E-state index contributed by atoms with van der Waals surface area (Å²) >= 11 is 1.38. The SMILES string of the molecule is C[C@@H](O)[C@H]1C(=O)N2C(C(=O)O)=C(SC3CNC(=O)NC3)[C@H](C)[C@H]12. The van der Waals surface area contributed by atoms with Crippen LogP contribution in [0.5, 0.6) is 0 Å². The highest BCUT2D eigenvalue weighted by Crippen LogP contribution is 2.51. The Morgan fingerprint density at radius 2 is 1.96 bits per heavy atom. The number of hydrogen-bond acceptors (Lipinski definition) is 5. The number of urea groups is 1. The van der Waals surface area contributed by atoms with Crippen LogP contribution in [0.2, 0.25) is 0 Å². The van der Waals surface area contributed by atoms with Crippen LogP contribution in [-0.4, -0.2) is 63.5 Å². The maximum Gasteiger partial charge on any atom is 0.353 e. The van der Waals surface area contributed by atoms with Crippen LogP contribution >= 0.6 is 11.8 Å². The van der Waals surface area contributed by atoms with Crippen LogP contribution in [0.15, 0.2) is 10.6 Å². The summed E-state index contributed by atoms with van der Waals surface area (Å²) in [5, 5.41) is 24.7. The minimum absolute atomic E-state index is 0.00157. The standard InChI is InChI=1S/C14H19N3O5S/c1-5-9-8(6(2)18)12(19)17(9)10(13(20)21)11(5)23-7-3-15-14(22)16-4-7/h5-9,18H,3-4H2,1-2H3,(H,20,21)(H2,15,16,22)/t5-,6-,8-,9-/m1/s1. The number of aliphatic hydroxyl groups is 1. The van der Waals surface area contributed by atoms with Crippen LogP contribution in [0.3, 0.4) is 0 Å². The minimum Gasteiger partial charge on any atom is -0.477 e. The topological polar surface area (TPSA) is 119 Å². The molecule has 3 aliphatic rings. The molecule has 9 heteroatoms. The Balaban J connectivity index is 1.84. The van der Waals surface area contributed by atoms with Crippen molar-refractivity contribution < 1.29 is 24.6 Å². The van der Waals surface area contributed by atoms with E-state index in [1.54, 1.807) is 6.92 Å². The van der Waals surface area contributed by atoms with Crippen molar-refractivity contribution in [2.45, 2.75) is 31.2 Å². The molecule has 3 amide bonds. The number of aliphatic hydroxyl groups excluding tert-OH is 1. The van der Waals surface area contributed by atoms with Gasteiger partial charge in [-0.1, -0.05) is 6.92 Å². The Morgan fingerprint density at radius 3 is 2.48 bits per heavy atom. The highest BCUT2D eigenvalue weighted by atomic mass is 32.2. The predicted molar refractivity (Wildman–Crippen MR) is 82.4 cm³/mol. The van der Waals surface area contributed by atoms with E-state index >= 15 is 0 Å². The average molecular weight is 341 g/mol. The summed E-state index contributed by atoms with van der Waals surface area (Å²) in [4.78, 5) is 37.0. The van der Waals surface area contributed by atoms with Gasteiger partial charge in [-0.25, -0.2) is 9.59 Å². The number of nitrogens with zero attached hydrogens (tertiary/aromatic N) is 1. The number of nitrogens with one attached hydrogen (secondary N) is 2. The molecular formula is C14H19N3O5S. The molecule has 0 aliphatic carbocycles. The van der Waals surface area contributed by atoms with E-state index in [1.165, 1.54) is 16.7 Å². The Labute approximate surface area is 137 Å². The molecule has 3 aliphatic heterocycles. The summed E-state index contributed by atoms with van der Waals surface area (Å²) in [6.07, 6.45) is -0.804. The molecule has 0 aromatic carbocycles. The van der Waals surface area contributed by atoms with Crippen molar-refractivity contribution in [3.8, 4) is 0 Å². The third-order valence-corrected chi connectivity index (χ3v) is 6.07. The van der Waals surface area contributed by atoms with Crippen LogP contribution < -0.4 is 10.6 Å². The monoisotopic (exact) mass is 341 g/mol. The summed E-state index contributed by atoms with van der Waals surface area (Å²) in [6, 6.07) is -0.538. The number of hydrogen-bond donors (Lipinski definition) is 4. The summed E-state index contributed by atoms with van der Waals surface area (Å²) < 4.78 is 0. The first kappa shape index (κ1) is 16.1. The molecular weight excluding hydrogens is 322 g/mol. The number of carbonyl (C=O) groups is 3. The van der Waals surface area contributed by atoms with Crippen molar-refractivity contribution in [3.63, 3.8) is 0 Å². The van der Waals surface area contributed by atoms with Crippen molar-refractivity contribution in [1.29, 1.82) is 0 Å². The van der Waals surface area contributed by atoms with E-state index in [4.69, 9.17) is 0 Å². The van der Waals surface area contributed by atoms with Gasteiger partial charge in [0, 0.05) is 29.2 Å². The van der Waals surface area contributed by atoms with Crippen molar-refractivity contribution in [1.82, 2.24) is 15.5 Å². The molecule has 0 bridgehead atoms. The van der Waals surface area contributed by atoms with Crippen LogP contribution in [0, 0.1) is 11.8 Å². The summed E-state index contributed by atoms with van der Waals surface area (Å²) in [5.74, 6) is -2.17. The smallest absolute Gasteiger partial charge is 0.353 e. The molecule has 0 saturated carbocycles. The molecule has 0 spiro atoms. The zero-order valence-corrected chi connectivity index (χ0v) is 13.6. The summed E-state index contributed by atoms with van der Waals surface area (Å²) in [7, 11) is 0. The molecule has 3 heterocycles. The lowest BCUT2D eigenvalue weighted by atomic mass is 9.79. The van der Waals surface area contributed by atoms with Gasteiger partial charge in [-0.05, 0) is 6.92 Å². The number of carboxylic acids is 1. The maximum absolute atomic E-state index is 12.2. The average Bonchev–Trinajstić information content (AvgIpc) is 2.71. The molecule has 0 radical (unpaired) electrons. The van der Waals surface area contributed by atoms with Gasteiger partial charge in [-0.15, -0.1) is 11.8 Å². The summed E-state index contributed by atoms with van der Waals surface area (Å²) in [6.45, 7) is 4.32. The van der Waals surface area contributed by atoms with Gasteiger partial charge in [0.25, 0.3) is 0 Å². The van der Waals surface area contributed by atoms with Gasteiger partial charge in [0.05, 0.1) is 18.1 Å². The van der Waals surface area contributed by atoms with E-state index in [1.807, 2.05) is 6.92 Å². The lowest BCUT2D eigenvalue weighted by Crippen LogP contribution is -2.63. The van der Waals surface area contributed by atoms with Crippen LogP contribution in [-0.2, 0) is 9.59 Å².